The van der Waals surface area contributed by atoms with E-state index in [0.717, 1.165) is 32.0 Å². The second-order valence-electron chi connectivity index (χ2n) is 13.2. The van der Waals surface area contributed by atoms with Crippen LogP contribution in [0.15, 0.2) is 54.6 Å². The summed E-state index contributed by atoms with van der Waals surface area (Å²) in [6.45, 7) is 2.28. The molecule has 15 heteroatoms. The molecule has 280 valence electrons. The monoisotopic (exact) mass is 731 g/mol. The molecule has 0 bridgehead atoms. The smallest absolute Gasteiger partial charge is 0.493 e. The first-order valence-corrected chi connectivity index (χ1v) is 17.1. The van der Waals surface area contributed by atoms with E-state index in [1.807, 2.05) is 24.3 Å². The van der Waals surface area contributed by atoms with Crippen molar-refractivity contribution >= 4 is 22.9 Å². The van der Waals surface area contributed by atoms with Crippen LogP contribution in [0.5, 0.6) is 17.2 Å². The number of amides is 1. The van der Waals surface area contributed by atoms with Gasteiger partial charge in [0.25, 0.3) is 5.91 Å². The molecule has 4 aromatic rings. The summed E-state index contributed by atoms with van der Waals surface area (Å²) in [4.78, 5) is 22.5. The summed E-state index contributed by atoms with van der Waals surface area (Å²) in [5, 5.41) is 3.45. The number of halogens is 5. The standard InChI is InChI=1S/C37H42F5N5O5/c1-49-31-20-24(21-32(50-2)33(31)51-3)34(48)46-17-13-36(23-46,25-8-9-27(38)28(39)22-25)12-16-45-14-10-26(11-15-45)43-35-44-29-6-4-5-7-30(29)47(35)18-19-52-37(40,41)42/h4-9,20-22,26H,10-19,23H2,1-3H3,(H,43,44). The van der Waals surface area contributed by atoms with Crippen molar-refractivity contribution in [3.63, 3.8) is 0 Å². The topological polar surface area (TPSA) is 90.3 Å². The van der Waals surface area contributed by atoms with E-state index in [0.29, 0.717) is 77.8 Å². The molecule has 2 saturated heterocycles. The van der Waals surface area contributed by atoms with Crippen molar-refractivity contribution in [2.45, 2.75) is 50.0 Å². The molecule has 1 unspecified atom stereocenters. The van der Waals surface area contributed by atoms with Crippen molar-refractivity contribution in [2.75, 3.05) is 66.0 Å². The highest BCUT2D eigenvalue weighted by molar-refractivity contribution is 5.96. The van der Waals surface area contributed by atoms with Crippen LogP contribution < -0.4 is 19.5 Å². The van der Waals surface area contributed by atoms with E-state index in [4.69, 9.17) is 14.2 Å². The second kappa shape index (κ2) is 15.5. The average Bonchev–Trinajstić information content (AvgIpc) is 3.73. The first-order valence-electron chi connectivity index (χ1n) is 17.1. The molecule has 0 radical (unpaired) electrons. The average molecular weight is 732 g/mol. The number of anilines is 1. The Bertz CT molecular complexity index is 1850. The van der Waals surface area contributed by atoms with Crippen LogP contribution in [0.2, 0.25) is 0 Å². The quantitative estimate of drug-likeness (QED) is 0.154. The molecular weight excluding hydrogens is 689 g/mol. The van der Waals surface area contributed by atoms with Crippen LogP contribution in [-0.4, -0.2) is 98.3 Å². The number of alkyl halides is 3. The van der Waals surface area contributed by atoms with Crippen LogP contribution in [0.3, 0.4) is 0 Å². The van der Waals surface area contributed by atoms with Crippen molar-refractivity contribution in [1.82, 2.24) is 19.4 Å². The third-order valence-corrected chi connectivity index (χ3v) is 10.1. The molecule has 1 amide bonds. The van der Waals surface area contributed by atoms with Crippen LogP contribution in [0.1, 0.15) is 41.6 Å². The number of hydrogen-bond acceptors (Lipinski definition) is 8. The maximum Gasteiger partial charge on any atom is 0.522 e. The number of benzene rings is 3. The van der Waals surface area contributed by atoms with Gasteiger partial charge >= 0.3 is 6.36 Å². The minimum atomic E-state index is -4.72. The molecule has 2 fully saturated rings. The molecular formula is C37H42F5N5O5. The number of piperidine rings is 1. The first kappa shape index (κ1) is 37.1. The Kier molecular flexibility index (Phi) is 11.1. The normalized spacial score (nSPS) is 18.6. The van der Waals surface area contributed by atoms with E-state index in [9.17, 15) is 26.7 Å². The van der Waals surface area contributed by atoms with Crippen molar-refractivity contribution in [3.8, 4) is 17.2 Å². The van der Waals surface area contributed by atoms with Gasteiger partial charge in [0.2, 0.25) is 11.7 Å². The molecule has 1 atom stereocenters. The summed E-state index contributed by atoms with van der Waals surface area (Å²) >= 11 is 0. The van der Waals surface area contributed by atoms with E-state index in [2.05, 4.69) is 19.9 Å². The van der Waals surface area contributed by atoms with E-state index < -0.39 is 30.0 Å². The predicted molar refractivity (Wildman–Crippen MR) is 184 cm³/mol. The number of hydrogen-bond donors (Lipinski definition) is 1. The van der Waals surface area contributed by atoms with Gasteiger partial charge in [0.05, 0.1) is 39.0 Å². The molecule has 1 N–H and O–H groups in total. The number of aromatic nitrogens is 2. The van der Waals surface area contributed by atoms with E-state index in [1.165, 1.54) is 27.4 Å². The Morgan fingerprint density at radius 1 is 0.923 bits per heavy atom. The highest BCUT2D eigenvalue weighted by atomic mass is 19.4. The molecule has 10 nitrogen and oxygen atoms in total. The lowest BCUT2D eigenvalue weighted by Gasteiger charge is -2.36. The van der Waals surface area contributed by atoms with Crippen LogP contribution in [-0.2, 0) is 16.7 Å². The van der Waals surface area contributed by atoms with E-state index in [1.54, 1.807) is 27.7 Å². The fourth-order valence-electron chi connectivity index (χ4n) is 7.36. The van der Waals surface area contributed by atoms with E-state index >= 15 is 0 Å². The van der Waals surface area contributed by atoms with Gasteiger partial charge in [-0.1, -0.05) is 18.2 Å². The molecule has 2 aliphatic heterocycles. The summed E-state index contributed by atoms with van der Waals surface area (Å²) in [6, 6.07) is 14.5. The van der Waals surface area contributed by atoms with Gasteiger partial charge < -0.3 is 33.9 Å². The molecule has 1 aromatic heterocycles. The van der Waals surface area contributed by atoms with Crippen LogP contribution >= 0.6 is 0 Å². The zero-order valence-corrected chi connectivity index (χ0v) is 29.3. The van der Waals surface area contributed by atoms with Crippen LogP contribution in [0.25, 0.3) is 11.0 Å². The molecule has 2 aliphatic rings. The van der Waals surface area contributed by atoms with Gasteiger partial charge in [0.1, 0.15) is 0 Å². The summed E-state index contributed by atoms with van der Waals surface area (Å²) in [5.41, 5.74) is 1.75. The minimum absolute atomic E-state index is 0.0215. The lowest BCUT2D eigenvalue weighted by molar-refractivity contribution is -0.325. The fourth-order valence-corrected chi connectivity index (χ4v) is 7.36. The predicted octanol–water partition coefficient (Wildman–Crippen LogP) is 6.63. The van der Waals surface area contributed by atoms with Gasteiger partial charge in [-0.05, 0) is 74.2 Å². The summed E-state index contributed by atoms with van der Waals surface area (Å²) < 4.78 is 88.8. The van der Waals surface area contributed by atoms with Crippen LogP contribution in [0.4, 0.5) is 27.9 Å². The second-order valence-corrected chi connectivity index (χ2v) is 13.2. The van der Waals surface area contributed by atoms with Gasteiger partial charge in [0.15, 0.2) is 23.1 Å². The Balaban J connectivity index is 1.13. The van der Waals surface area contributed by atoms with Crippen molar-refractivity contribution in [2.24, 2.45) is 0 Å². The van der Waals surface area contributed by atoms with Crippen molar-refractivity contribution in [3.05, 3.63) is 77.4 Å². The molecule has 3 aromatic carbocycles. The third-order valence-electron chi connectivity index (χ3n) is 10.1. The Hall–Kier alpha value is -4.63. The maximum atomic E-state index is 14.6. The van der Waals surface area contributed by atoms with Gasteiger partial charge in [-0.2, -0.15) is 0 Å². The number of carbonyl (C=O) groups excluding carboxylic acids is 1. The molecule has 0 aliphatic carbocycles. The number of nitrogens with zero attached hydrogens (tertiary/aromatic N) is 4. The van der Waals surface area contributed by atoms with Crippen LogP contribution in [0, 0.1) is 11.6 Å². The first-order chi connectivity index (χ1) is 24.9. The highest BCUT2D eigenvalue weighted by Crippen LogP contribution is 2.42. The maximum absolute atomic E-state index is 14.6. The van der Waals surface area contributed by atoms with Gasteiger partial charge in [-0.3, -0.25) is 9.53 Å². The van der Waals surface area contributed by atoms with E-state index in [-0.39, 0.29) is 18.5 Å². The Labute approximate surface area is 298 Å². The largest absolute Gasteiger partial charge is 0.522 e. The van der Waals surface area contributed by atoms with Gasteiger partial charge in [0, 0.05) is 49.7 Å². The number of ether oxygens (including phenoxy) is 4. The number of rotatable bonds is 13. The lowest BCUT2D eigenvalue weighted by Crippen LogP contribution is -2.42. The number of para-hydroxylation sites is 2. The number of methoxy groups -OCH3 is 3. The fraction of sp³-hybridized carbons (Fsp3) is 0.459. The Morgan fingerprint density at radius 2 is 1.63 bits per heavy atom. The Morgan fingerprint density at radius 3 is 2.29 bits per heavy atom. The summed E-state index contributed by atoms with van der Waals surface area (Å²) in [6.07, 6.45) is -2.05. The minimum Gasteiger partial charge on any atom is -0.493 e. The highest BCUT2D eigenvalue weighted by Gasteiger charge is 2.42. The SMILES string of the molecule is COc1cc(C(=O)N2CCC(CCN3CCC(Nc4nc5ccccc5n4CCOC(F)(F)F)CC3)(c3ccc(F)c(F)c3)C2)cc(OC)c1OC. The number of nitrogens with one attached hydrogen (secondary N) is 1. The van der Waals surface area contributed by atoms with Crippen molar-refractivity contribution in [1.29, 1.82) is 0 Å². The molecule has 6 rings (SSSR count). The zero-order chi connectivity index (χ0) is 37.0. The molecule has 52 heavy (non-hydrogen) atoms. The number of imidazole rings is 1. The summed E-state index contributed by atoms with van der Waals surface area (Å²) in [5.74, 6) is -0.555. The zero-order valence-electron chi connectivity index (χ0n) is 29.3. The number of carbonyl (C=O) groups is 1. The summed E-state index contributed by atoms with van der Waals surface area (Å²) in [7, 11) is 4.43. The molecule has 0 saturated carbocycles. The van der Waals surface area contributed by atoms with Crippen molar-refractivity contribution < 1.29 is 45.7 Å². The third kappa shape index (κ3) is 8.04. The molecule has 3 heterocycles. The van der Waals surface area contributed by atoms with Gasteiger partial charge in [-0.15, -0.1) is 13.2 Å². The lowest BCUT2D eigenvalue weighted by atomic mass is 9.76. The number of fused-ring (bicyclic) bond motifs is 1. The molecule has 0 spiro atoms. The number of likely N-dealkylation sites (tertiary alicyclic amines) is 2. The van der Waals surface area contributed by atoms with Gasteiger partial charge in [-0.25, -0.2) is 13.8 Å².